The zero-order valence-electron chi connectivity index (χ0n) is 61.4. The van der Waals surface area contributed by atoms with E-state index >= 15 is 0 Å². The van der Waals surface area contributed by atoms with Crippen LogP contribution in [0.2, 0.25) is 0 Å². The highest BCUT2D eigenvalue weighted by Crippen LogP contribution is 2.57. The first-order valence-corrected chi connectivity index (χ1v) is 42.1. The molecule has 50 heteroatoms. The van der Waals surface area contributed by atoms with Gasteiger partial charge in [-0.3, -0.25) is 36.9 Å². The minimum Gasteiger partial charge on any atom is -0.756 e. The standard InChI is InChI=1S/2C32H40N10O12P2S/c1-40(2)18-6-8-20-23(13-18)57-24-14-19(7-9-21(24)39-20)41(3)12-4-5-25(43)34-10-11-35-32(45)53-28-22(15-51-56(49,50)54-55(46,47)48)52-31(27(28)44)42-17-38-26-29(33)36-16-37-30(26)42;1-40(2)18-6-8-20-23(13-18)57-24-14-19(7-9-21(24)39-20)41(3)12-4-5-25(43)34-10-11-35-32(45)53-28-27(44)22(15-51-56(49,50)54-55(46,47)48)52-31(28)42-17-38-26-29(33)36-16-37-30(26)42/h2*6-9,13-14,16-17,22,27-28,31,44H,4-5,10-12,15H2,1-3H3,(H6-,33,34,35,36,37,43,45,46,47,48,49,50)/t2*22-,27-,28-,31-/m11/s1. The molecule has 2 aromatic carbocycles. The maximum atomic E-state index is 12.8. The van der Waals surface area contributed by atoms with Gasteiger partial charge >= 0.3 is 27.8 Å². The highest BCUT2D eigenvalue weighted by Gasteiger charge is 2.51. The number of ether oxygens (including phenoxy) is 4. The maximum Gasteiger partial charge on any atom is 0.478 e. The third kappa shape index (κ3) is 22.2. The summed E-state index contributed by atoms with van der Waals surface area (Å²) in [6.45, 7) is -0.744. The second kappa shape index (κ2) is 36.6. The minimum absolute atomic E-state index is 0.0156. The molecule has 12 rings (SSSR count). The number of aliphatic hydroxyl groups is 2. The number of amides is 4. The minimum atomic E-state index is -5.69. The molecule has 0 saturated carbocycles. The lowest BCUT2D eigenvalue weighted by Crippen LogP contribution is -2.42. The Labute approximate surface area is 654 Å². The number of nitrogens with one attached hydrogen (secondary N) is 4. The molecule has 0 radical (unpaired) electrons. The molecule has 2 fully saturated rings. The molecule has 4 aromatic heterocycles. The topological polar surface area (TPSA) is 604 Å². The molecule has 12 atom stereocenters. The van der Waals surface area contributed by atoms with Gasteiger partial charge < -0.3 is 101 Å². The molecule has 4 unspecified atom stereocenters. The first-order chi connectivity index (χ1) is 53.9. The van der Waals surface area contributed by atoms with Gasteiger partial charge in [0.2, 0.25) is 22.5 Å². The molecular formula is C64H80N20O24P4S2. The number of nitrogens with zero attached hydrogens (tertiary/aromatic N) is 14. The Balaban J connectivity index is 0.000000225. The van der Waals surface area contributed by atoms with Crippen molar-refractivity contribution in [3.8, 4) is 21.1 Å². The van der Waals surface area contributed by atoms with Crippen LogP contribution in [0.1, 0.15) is 38.1 Å². The zero-order chi connectivity index (χ0) is 82.1. The van der Waals surface area contributed by atoms with Crippen LogP contribution in [0.3, 0.4) is 0 Å². The van der Waals surface area contributed by atoms with Gasteiger partial charge in [-0.15, -0.1) is 22.7 Å². The molecule has 114 heavy (non-hydrogen) atoms. The Bertz CT molecular complexity index is 5470. The van der Waals surface area contributed by atoms with Crippen molar-refractivity contribution in [1.82, 2.24) is 79.4 Å². The van der Waals surface area contributed by atoms with E-state index in [-0.39, 0.29) is 84.8 Å². The van der Waals surface area contributed by atoms with Crippen molar-refractivity contribution < 1.29 is 114 Å². The number of aliphatic hydroxyl groups excluding tert-OH is 2. The Kier molecular flexibility index (Phi) is 27.5. The number of alkyl carbamates (subject to hydrolysis) is 2. The van der Waals surface area contributed by atoms with Crippen molar-refractivity contribution in [3.63, 3.8) is 0 Å². The lowest BCUT2D eigenvalue weighted by molar-refractivity contribution is -0.214. The van der Waals surface area contributed by atoms with Crippen LogP contribution >= 0.6 is 54.0 Å². The fourth-order valence-electron chi connectivity index (χ4n) is 11.9. The monoisotopic (exact) mass is 1700 g/mol. The summed E-state index contributed by atoms with van der Waals surface area (Å²) in [7, 11) is -10.3. The number of benzene rings is 4. The number of aromatic nitrogens is 10. The van der Waals surface area contributed by atoms with Gasteiger partial charge in [0.05, 0.1) is 67.4 Å². The van der Waals surface area contributed by atoms with E-state index in [0.29, 0.717) is 25.9 Å². The van der Waals surface area contributed by atoms with Gasteiger partial charge in [-0.2, -0.15) is 0 Å². The number of hydrogen-bond acceptors (Lipinski definition) is 34. The van der Waals surface area contributed by atoms with E-state index in [1.165, 1.54) is 21.8 Å². The molecule has 14 N–H and O–H groups in total. The van der Waals surface area contributed by atoms with E-state index in [4.69, 9.17) is 50.2 Å². The van der Waals surface area contributed by atoms with Crippen LogP contribution < -0.4 is 72.2 Å². The summed E-state index contributed by atoms with van der Waals surface area (Å²) < 4.78 is 93.6. The summed E-state index contributed by atoms with van der Waals surface area (Å²) in [6.07, 6.45) is -8.05. The molecule has 44 nitrogen and oxygen atoms in total. The van der Waals surface area contributed by atoms with Crippen LogP contribution in [0.15, 0.2) is 98.1 Å². The van der Waals surface area contributed by atoms with E-state index in [2.05, 4.69) is 103 Å². The molecule has 612 valence electrons. The van der Waals surface area contributed by atoms with Crippen molar-refractivity contribution in [2.75, 3.05) is 116 Å². The molecule has 2 aliphatic carbocycles. The first-order valence-electron chi connectivity index (χ1n) is 34.5. The molecule has 4 aliphatic heterocycles. The average Bonchev–Trinajstić information content (AvgIpc) is 1.62. The number of imidazole rings is 2. The molecule has 2 saturated heterocycles. The summed E-state index contributed by atoms with van der Waals surface area (Å²) >= 11 is 3.33. The largest absolute Gasteiger partial charge is 0.756 e. The lowest BCUT2D eigenvalue weighted by Gasteiger charge is -2.23. The van der Waals surface area contributed by atoms with Crippen LogP contribution in [0, 0.1) is 0 Å². The SMILES string of the molecule is CN(CCCC(=O)NCCNC(=O)O[C@@H]1[C@H](O)[C@@H](COP(=O)(O)OP(=O)([O-])O)O[C@H]1n1cnc2c(N)ncnc21)c1ccc2nc3ccc(=[N+](C)C)cc-3sc2c1.CN(CCCC(=O)NCCNC(=O)O[C@H]1[C@@H](O)[C@H](n2cnc3c(N)ncnc32)O[C@@H]1COP(=O)(O)OP(=O)([O-])O)c1ccc2nc3ccc(=[N+](C)C)cc-3sc2c1. The Morgan fingerprint density at radius 1 is 0.561 bits per heavy atom. The van der Waals surface area contributed by atoms with E-state index < -0.39 is 106 Å². The normalized spacial score (nSPS) is 20.3. The van der Waals surface area contributed by atoms with Crippen molar-refractivity contribution >= 4 is 144 Å². The molecule has 4 amide bonds. The zero-order valence-corrected chi connectivity index (χ0v) is 66.6. The van der Waals surface area contributed by atoms with Crippen molar-refractivity contribution in [3.05, 3.63) is 109 Å². The lowest BCUT2D eigenvalue weighted by atomic mass is 10.1. The molecule has 0 spiro atoms. The second-order valence-corrected chi connectivity index (χ2v) is 33.8. The van der Waals surface area contributed by atoms with Gasteiger partial charge in [-0.1, -0.05) is 0 Å². The second-order valence-electron chi connectivity index (χ2n) is 26.1. The number of fused-ring (bicyclic) bond motifs is 6. The molecule has 0 bridgehead atoms. The van der Waals surface area contributed by atoms with Gasteiger partial charge in [-0.25, -0.2) is 76.4 Å². The molecular weight excluding hydrogens is 1620 g/mol. The maximum absolute atomic E-state index is 12.8. The summed E-state index contributed by atoms with van der Waals surface area (Å²) in [4.78, 5) is 150. The third-order valence-electron chi connectivity index (χ3n) is 17.5. The van der Waals surface area contributed by atoms with Gasteiger partial charge in [0.15, 0.2) is 47.6 Å². The summed E-state index contributed by atoms with van der Waals surface area (Å²) in [6, 6.07) is 24.5. The quantitative estimate of drug-likeness (QED) is 0.0124. The van der Waals surface area contributed by atoms with E-state index in [1.54, 1.807) is 22.7 Å². The third-order valence-corrected chi connectivity index (χ3v) is 23.9. The summed E-state index contributed by atoms with van der Waals surface area (Å²) in [5.74, 6) is -0.442. The molecule has 8 heterocycles. The van der Waals surface area contributed by atoms with Crippen molar-refractivity contribution in [1.29, 1.82) is 0 Å². The van der Waals surface area contributed by atoms with Crippen LogP contribution in [0.25, 0.3) is 63.9 Å². The van der Waals surface area contributed by atoms with Gasteiger partial charge in [0, 0.05) is 102 Å². The van der Waals surface area contributed by atoms with E-state index in [1.807, 2.05) is 100.0 Å². The van der Waals surface area contributed by atoms with Gasteiger partial charge in [0.25, 0.3) is 15.6 Å². The highest BCUT2D eigenvalue weighted by molar-refractivity contribution is 7.60. The van der Waals surface area contributed by atoms with Crippen LogP contribution in [-0.4, -0.2) is 234 Å². The Hall–Kier alpha value is -9.34. The van der Waals surface area contributed by atoms with Crippen LogP contribution in [0.5, 0.6) is 0 Å². The number of phosphoric acid groups is 4. The fourth-order valence-corrected chi connectivity index (χ4v) is 17.1. The summed E-state index contributed by atoms with van der Waals surface area (Å²) in [5.41, 5.74) is 17.9. The van der Waals surface area contributed by atoms with Crippen LogP contribution in [-0.2, 0) is 64.5 Å². The molecule has 6 aromatic rings. The number of nitrogens with two attached hydrogens (primary N) is 2. The van der Waals surface area contributed by atoms with Gasteiger partial charge in [0.1, 0.15) is 76.3 Å². The van der Waals surface area contributed by atoms with E-state index in [0.717, 1.165) is 76.3 Å². The Morgan fingerprint density at radius 3 is 1.43 bits per heavy atom. The summed E-state index contributed by atoms with van der Waals surface area (Å²) in [5, 5.41) is 34.7. The van der Waals surface area contributed by atoms with Crippen molar-refractivity contribution in [2.24, 2.45) is 0 Å². The average molecular weight is 1700 g/mol. The number of rotatable bonds is 30. The van der Waals surface area contributed by atoms with Gasteiger partial charge in [-0.05, 0) is 61.4 Å². The Morgan fingerprint density at radius 2 is 0.982 bits per heavy atom. The number of carbonyl (C=O) groups excluding carboxylic acids is 4. The predicted octanol–water partition coefficient (Wildman–Crippen LogP) is 0.270. The first kappa shape index (κ1) is 85.5. The number of phosphoric ester groups is 2. The van der Waals surface area contributed by atoms with Crippen LogP contribution in [0.4, 0.5) is 32.6 Å². The predicted molar refractivity (Wildman–Crippen MR) is 407 cm³/mol. The smallest absolute Gasteiger partial charge is 0.478 e. The number of carbonyl (C=O) groups is 4. The number of hydrogen-bond donors (Lipinski definition) is 12. The van der Waals surface area contributed by atoms with Crippen molar-refractivity contribution in [2.45, 2.75) is 74.8 Å². The fraction of sp³-hybridized carbons (Fsp3) is 0.406. The number of nitrogen functional groups attached to an aromatic ring is 2. The highest BCUT2D eigenvalue weighted by atomic mass is 32.1. The molecule has 6 aliphatic rings. The number of anilines is 4. The van der Waals surface area contributed by atoms with E-state index in [9.17, 15) is 67.2 Å².